The normalized spacial score (nSPS) is 16.2. The van der Waals surface area contributed by atoms with Crippen LogP contribution in [0.5, 0.6) is 5.75 Å². The van der Waals surface area contributed by atoms with E-state index < -0.39 is 5.60 Å². The summed E-state index contributed by atoms with van der Waals surface area (Å²) in [7, 11) is 1.40. The molecule has 5 nitrogen and oxygen atoms in total. The second-order valence-electron chi connectivity index (χ2n) is 6.25. The number of aldehydes is 1. The lowest BCUT2D eigenvalue weighted by molar-refractivity contribution is -0.162. The minimum absolute atomic E-state index is 0.322. The van der Waals surface area contributed by atoms with E-state index in [1.807, 2.05) is 24.4 Å². The van der Waals surface area contributed by atoms with Crippen molar-refractivity contribution in [3.05, 3.63) is 34.8 Å². The molecule has 1 fully saturated rings. The fourth-order valence-electron chi connectivity index (χ4n) is 3.27. The van der Waals surface area contributed by atoms with Crippen molar-refractivity contribution in [1.82, 2.24) is 4.98 Å². The number of nitrogens with zero attached hydrogens (tertiary/aromatic N) is 1. The van der Waals surface area contributed by atoms with Crippen LogP contribution in [0.15, 0.2) is 23.6 Å². The molecular formula is C19H21NO4S. The van der Waals surface area contributed by atoms with Crippen molar-refractivity contribution in [1.29, 1.82) is 0 Å². The number of carbonyl (C=O) groups is 2. The van der Waals surface area contributed by atoms with Gasteiger partial charge in [0, 0.05) is 5.56 Å². The molecule has 0 bridgehead atoms. The highest BCUT2D eigenvalue weighted by Gasteiger charge is 2.43. The van der Waals surface area contributed by atoms with Crippen LogP contribution in [0, 0.1) is 6.92 Å². The molecule has 132 valence electrons. The Hall–Kier alpha value is -2.21. The monoisotopic (exact) mass is 359 g/mol. The summed E-state index contributed by atoms with van der Waals surface area (Å²) in [5.74, 6) is 0.262. The summed E-state index contributed by atoms with van der Waals surface area (Å²) in [5, 5.41) is 1.87. The highest BCUT2D eigenvalue weighted by Crippen LogP contribution is 2.36. The smallest absolute Gasteiger partial charge is 0.350 e. The van der Waals surface area contributed by atoms with Gasteiger partial charge in [-0.3, -0.25) is 4.79 Å². The molecule has 0 radical (unpaired) electrons. The van der Waals surface area contributed by atoms with Gasteiger partial charge in [0.15, 0.2) is 6.29 Å². The molecule has 1 aliphatic rings. The average Bonchev–Trinajstić information content (AvgIpc) is 3.12. The topological polar surface area (TPSA) is 65.5 Å². The molecule has 0 unspecified atom stereocenters. The zero-order valence-electron chi connectivity index (χ0n) is 14.4. The summed E-state index contributed by atoms with van der Waals surface area (Å²) in [6.45, 7) is 1.85. The summed E-state index contributed by atoms with van der Waals surface area (Å²) >= 11 is 1.48. The number of ether oxygens (including phenoxy) is 2. The van der Waals surface area contributed by atoms with Gasteiger partial charge in [-0.2, -0.15) is 0 Å². The number of rotatable bonds is 5. The van der Waals surface area contributed by atoms with Crippen molar-refractivity contribution in [2.45, 2.75) is 44.6 Å². The third kappa shape index (κ3) is 3.44. The van der Waals surface area contributed by atoms with Crippen LogP contribution in [0.3, 0.4) is 0 Å². The SMILES string of the molecule is COC(=O)C1(Oc2ccc(-c3sccc3C=O)nc2C)CCCCC1. The molecule has 1 aliphatic carbocycles. The number of aromatic nitrogens is 1. The Morgan fingerprint density at radius 1 is 1.24 bits per heavy atom. The second kappa shape index (κ2) is 7.35. The van der Waals surface area contributed by atoms with E-state index >= 15 is 0 Å². The fraction of sp³-hybridized carbons (Fsp3) is 0.421. The molecule has 2 heterocycles. The lowest BCUT2D eigenvalue weighted by Crippen LogP contribution is -2.47. The summed E-state index contributed by atoms with van der Waals surface area (Å²) in [4.78, 5) is 28.9. The molecule has 0 amide bonds. The maximum absolute atomic E-state index is 12.3. The Morgan fingerprint density at radius 3 is 2.64 bits per heavy atom. The Morgan fingerprint density at radius 2 is 2.00 bits per heavy atom. The van der Waals surface area contributed by atoms with Gasteiger partial charge in [-0.05, 0) is 56.2 Å². The molecule has 1 saturated carbocycles. The number of thiophene rings is 1. The van der Waals surface area contributed by atoms with E-state index in [4.69, 9.17) is 9.47 Å². The number of hydrogen-bond donors (Lipinski definition) is 0. The van der Waals surface area contributed by atoms with Gasteiger partial charge in [0.1, 0.15) is 5.75 Å². The summed E-state index contributed by atoms with van der Waals surface area (Å²) in [6, 6.07) is 5.43. The molecule has 0 saturated heterocycles. The van der Waals surface area contributed by atoms with Gasteiger partial charge >= 0.3 is 5.97 Å². The Balaban J connectivity index is 1.90. The molecular weight excluding hydrogens is 338 g/mol. The van der Waals surface area contributed by atoms with Gasteiger partial charge in [-0.1, -0.05) is 6.42 Å². The largest absolute Gasteiger partial charge is 0.474 e. The van der Waals surface area contributed by atoms with Crippen molar-refractivity contribution >= 4 is 23.6 Å². The molecule has 0 aliphatic heterocycles. The van der Waals surface area contributed by atoms with Gasteiger partial charge < -0.3 is 9.47 Å². The number of hydrogen-bond acceptors (Lipinski definition) is 6. The molecule has 2 aromatic heterocycles. The Kier molecular flexibility index (Phi) is 5.18. The number of methoxy groups -OCH3 is 1. The van der Waals surface area contributed by atoms with Crippen molar-refractivity contribution < 1.29 is 19.1 Å². The van der Waals surface area contributed by atoms with E-state index in [2.05, 4.69) is 4.98 Å². The van der Waals surface area contributed by atoms with Crippen molar-refractivity contribution in [2.24, 2.45) is 0 Å². The standard InChI is InChI=1S/C19H21NO4S/c1-13-16(24-19(18(22)23-2)9-4-3-5-10-19)7-6-15(20-13)17-14(12-21)8-11-25-17/h6-8,11-12H,3-5,9-10H2,1-2H3. The van der Waals surface area contributed by atoms with Crippen LogP contribution >= 0.6 is 11.3 Å². The lowest BCUT2D eigenvalue weighted by Gasteiger charge is -2.35. The fourth-order valence-corrected chi connectivity index (χ4v) is 4.11. The minimum atomic E-state index is -0.919. The first-order valence-electron chi connectivity index (χ1n) is 8.38. The van der Waals surface area contributed by atoms with Gasteiger partial charge in [-0.15, -0.1) is 11.3 Å². The predicted octanol–water partition coefficient (Wildman–Crippen LogP) is 4.19. The maximum atomic E-state index is 12.3. The number of esters is 1. The van der Waals surface area contributed by atoms with E-state index in [1.54, 1.807) is 6.07 Å². The highest BCUT2D eigenvalue weighted by atomic mass is 32.1. The van der Waals surface area contributed by atoms with Crippen LogP contribution in [-0.2, 0) is 9.53 Å². The Bertz CT molecular complexity index is 777. The van der Waals surface area contributed by atoms with E-state index in [9.17, 15) is 9.59 Å². The zero-order valence-corrected chi connectivity index (χ0v) is 15.2. The van der Waals surface area contributed by atoms with Crippen molar-refractivity contribution in [3.8, 4) is 16.3 Å². The van der Waals surface area contributed by atoms with Crippen LogP contribution < -0.4 is 4.74 Å². The highest BCUT2D eigenvalue weighted by molar-refractivity contribution is 7.13. The minimum Gasteiger partial charge on any atom is -0.474 e. The summed E-state index contributed by atoms with van der Waals surface area (Å²) in [6.07, 6.45) is 5.13. The predicted molar refractivity (Wildman–Crippen MR) is 96.1 cm³/mol. The maximum Gasteiger partial charge on any atom is 0.350 e. The number of pyridine rings is 1. The molecule has 0 atom stereocenters. The van der Waals surface area contributed by atoms with E-state index in [0.717, 1.165) is 36.1 Å². The third-order valence-corrected chi connectivity index (χ3v) is 5.57. The number of aryl methyl sites for hydroxylation is 1. The molecule has 0 aromatic carbocycles. The first-order valence-corrected chi connectivity index (χ1v) is 9.26. The van der Waals surface area contributed by atoms with Crippen LogP contribution in [0.1, 0.15) is 48.2 Å². The zero-order chi connectivity index (χ0) is 17.9. The second-order valence-corrected chi connectivity index (χ2v) is 7.17. The third-order valence-electron chi connectivity index (χ3n) is 4.62. The quantitative estimate of drug-likeness (QED) is 0.592. The van der Waals surface area contributed by atoms with Crippen LogP contribution in [0.25, 0.3) is 10.6 Å². The first kappa shape index (κ1) is 17.6. The molecule has 2 aromatic rings. The first-order chi connectivity index (χ1) is 12.1. The summed E-state index contributed by atoms with van der Waals surface area (Å²) in [5.41, 5.74) is 1.14. The lowest BCUT2D eigenvalue weighted by atomic mass is 9.84. The molecule has 3 rings (SSSR count). The van der Waals surface area contributed by atoms with Gasteiger partial charge in [0.2, 0.25) is 5.60 Å². The van der Waals surface area contributed by atoms with E-state index in [-0.39, 0.29) is 5.97 Å². The van der Waals surface area contributed by atoms with Crippen LogP contribution in [-0.4, -0.2) is 30.0 Å². The van der Waals surface area contributed by atoms with Crippen molar-refractivity contribution in [3.63, 3.8) is 0 Å². The van der Waals surface area contributed by atoms with E-state index in [1.165, 1.54) is 18.4 Å². The van der Waals surface area contributed by atoms with Crippen LogP contribution in [0.2, 0.25) is 0 Å². The Labute approximate surface area is 151 Å². The van der Waals surface area contributed by atoms with Gasteiger partial charge in [0.05, 0.1) is 23.4 Å². The van der Waals surface area contributed by atoms with Gasteiger partial charge in [-0.25, -0.2) is 9.78 Å². The average molecular weight is 359 g/mol. The van der Waals surface area contributed by atoms with Gasteiger partial charge in [0.25, 0.3) is 0 Å². The molecule has 0 N–H and O–H groups in total. The summed E-state index contributed by atoms with van der Waals surface area (Å²) < 4.78 is 11.1. The molecule has 25 heavy (non-hydrogen) atoms. The molecule has 0 spiro atoms. The van der Waals surface area contributed by atoms with Crippen LogP contribution in [0.4, 0.5) is 0 Å². The van der Waals surface area contributed by atoms with Crippen molar-refractivity contribution in [2.75, 3.05) is 7.11 Å². The number of carbonyl (C=O) groups excluding carboxylic acids is 2. The van der Waals surface area contributed by atoms with E-state index in [0.29, 0.717) is 29.8 Å². The molecule has 6 heteroatoms.